The predicted molar refractivity (Wildman–Crippen MR) is 86.3 cm³/mol. The van der Waals surface area contributed by atoms with Crippen LogP contribution in [0.4, 0.5) is 10.5 Å². The minimum absolute atomic E-state index is 0.193. The highest BCUT2D eigenvalue weighted by atomic mass is 32.2. The average Bonchev–Trinajstić information content (AvgIpc) is 2.51. The molecule has 0 heterocycles. The van der Waals surface area contributed by atoms with Gasteiger partial charge in [-0.2, -0.15) is 11.8 Å². The fourth-order valence-corrected chi connectivity index (χ4v) is 2.25. The van der Waals surface area contributed by atoms with Gasteiger partial charge in [0, 0.05) is 0 Å². The summed E-state index contributed by atoms with van der Waals surface area (Å²) in [6.07, 6.45) is 2.08. The van der Waals surface area contributed by atoms with Crippen LogP contribution in [0.5, 0.6) is 0 Å². The summed E-state index contributed by atoms with van der Waals surface area (Å²) in [7, 11) is 0. The van der Waals surface area contributed by atoms with Crippen LogP contribution < -0.4 is 15.7 Å². The van der Waals surface area contributed by atoms with E-state index >= 15 is 0 Å². The molecule has 1 atom stereocenters. The summed E-state index contributed by atoms with van der Waals surface area (Å²) in [4.78, 5) is 34.8. The van der Waals surface area contributed by atoms with Crippen molar-refractivity contribution in [3.8, 4) is 0 Å². The number of aliphatic carboxylic acids is 1. The van der Waals surface area contributed by atoms with E-state index in [1.165, 1.54) is 23.9 Å². The Bertz CT molecular complexity index is 565. The SMILES string of the molecule is CCOC(=O)c1ccccc1NC(=O)N[C@@H](CCSC)C(=O)[O-]. The summed E-state index contributed by atoms with van der Waals surface area (Å²) in [6.45, 7) is 1.89. The van der Waals surface area contributed by atoms with Crippen LogP contribution in [0.25, 0.3) is 0 Å². The molecule has 8 heteroatoms. The van der Waals surface area contributed by atoms with Gasteiger partial charge in [0.25, 0.3) is 0 Å². The Morgan fingerprint density at radius 2 is 2.00 bits per heavy atom. The number of carboxylic acids is 1. The largest absolute Gasteiger partial charge is 0.548 e. The molecule has 7 nitrogen and oxygen atoms in total. The summed E-state index contributed by atoms with van der Waals surface area (Å²) in [5.74, 6) is -1.35. The van der Waals surface area contributed by atoms with Crippen molar-refractivity contribution in [2.45, 2.75) is 19.4 Å². The predicted octanol–water partition coefficient (Wildman–Crippen LogP) is 0.856. The van der Waals surface area contributed by atoms with E-state index in [1.807, 2.05) is 6.26 Å². The number of benzene rings is 1. The van der Waals surface area contributed by atoms with Crippen molar-refractivity contribution in [1.29, 1.82) is 0 Å². The first-order valence-electron chi connectivity index (χ1n) is 7.03. The van der Waals surface area contributed by atoms with Gasteiger partial charge in [-0.3, -0.25) is 0 Å². The van der Waals surface area contributed by atoms with Crippen LogP contribution in [0.1, 0.15) is 23.7 Å². The summed E-state index contributed by atoms with van der Waals surface area (Å²) >= 11 is 1.47. The number of thioether (sulfide) groups is 1. The molecule has 2 N–H and O–H groups in total. The van der Waals surface area contributed by atoms with Crippen molar-refractivity contribution in [3.05, 3.63) is 29.8 Å². The van der Waals surface area contributed by atoms with Crippen LogP contribution in [-0.4, -0.2) is 42.6 Å². The quantitative estimate of drug-likeness (QED) is 0.680. The molecule has 1 aromatic rings. The number of hydrogen-bond acceptors (Lipinski definition) is 6. The van der Waals surface area contributed by atoms with Gasteiger partial charge < -0.3 is 25.3 Å². The van der Waals surface area contributed by atoms with Crippen LogP contribution in [-0.2, 0) is 9.53 Å². The molecular formula is C15H19N2O5S-. The topological polar surface area (TPSA) is 108 Å². The van der Waals surface area contributed by atoms with Crippen LogP contribution in [0.15, 0.2) is 24.3 Å². The first kappa shape index (κ1) is 18.8. The van der Waals surface area contributed by atoms with E-state index in [1.54, 1.807) is 19.1 Å². The van der Waals surface area contributed by atoms with Gasteiger partial charge in [-0.05, 0) is 37.5 Å². The molecule has 1 aromatic carbocycles. The third-order valence-corrected chi connectivity index (χ3v) is 3.52. The molecule has 0 aliphatic rings. The first-order valence-corrected chi connectivity index (χ1v) is 8.42. The Balaban J connectivity index is 2.77. The fraction of sp³-hybridized carbons (Fsp3) is 0.400. The van der Waals surface area contributed by atoms with Gasteiger partial charge in [-0.15, -0.1) is 0 Å². The number of carboxylic acid groups (broad SMARTS) is 1. The minimum atomic E-state index is -1.35. The highest BCUT2D eigenvalue weighted by Crippen LogP contribution is 2.16. The Morgan fingerprint density at radius 1 is 1.30 bits per heavy atom. The molecular weight excluding hydrogens is 320 g/mol. The Kier molecular flexibility index (Phi) is 7.96. The zero-order valence-electron chi connectivity index (χ0n) is 13.0. The van der Waals surface area contributed by atoms with E-state index in [4.69, 9.17) is 4.74 Å². The molecule has 0 bridgehead atoms. The smallest absolute Gasteiger partial charge is 0.340 e. The lowest BCUT2D eigenvalue weighted by Crippen LogP contribution is -2.49. The molecule has 0 radical (unpaired) electrons. The maximum Gasteiger partial charge on any atom is 0.340 e. The van der Waals surface area contributed by atoms with Gasteiger partial charge in [0.1, 0.15) is 0 Å². The zero-order valence-corrected chi connectivity index (χ0v) is 13.8. The second kappa shape index (κ2) is 9.73. The first-order chi connectivity index (χ1) is 11.0. The lowest BCUT2D eigenvalue weighted by molar-refractivity contribution is -0.308. The summed E-state index contributed by atoms with van der Waals surface area (Å²) < 4.78 is 4.91. The van der Waals surface area contributed by atoms with E-state index in [0.29, 0.717) is 5.75 Å². The molecule has 0 saturated heterocycles. The number of hydrogen-bond donors (Lipinski definition) is 2. The molecule has 0 aliphatic heterocycles. The van der Waals surface area contributed by atoms with E-state index < -0.39 is 24.0 Å². The number of nitrogens with one attached hydrogen (secondary N) is 2. The van der Waals surface area contributed by atoms with E-state index in [-0.39, 0.29) is 24.3 Å². The number of esters is 1. The fourth-order valence-electron chi connectivity index (χ4n) is 1.78. The molecule has 23 heavy (non-hydrogen) atoms. The molecule has 2 amide bonds. The lowest BCUT2D eigenvalue weighted by Gasteiger charge is -2.20. The van der Waals surface area contributed by atoms with Crippen LogP contribution in [0.2, 0.25) is 0 Å². The number of carbonyl (C=O) groups excluding carboxylic acids is 3. The maximum absolute atomic E-state index is 12.0. The normalized spacial score (nSPS) is 11.4. The van der Waals surface area contributed by atoms with Gasteiger partial charge in [0.15, 0.2) is 0 Å². The average molecular weight is 339 g/mol. The third kappa shape index (κ3) is 6.19. The highest BCUT2D eigenvalue weighted by Gasteiger charge is 2.16. The van der Waals surface area contributed by atoms with E-state index in [2.05, 4.69) is 10.6 Å². The number of para-hydroxylation sites is 1. The van der Waals surface area contributed by atoms with Crippen molar-refractivity contribution in [3.63, 3.8) is 0 Å². The van der Waals surface area contributed by atoms with Crippen LogP contribution in [0.3, 0.4) is 0 Å². The summed E-state index contributed by atoms with van der Waals surface area (Å²) in [6, 6.07) is 4.49. The van der Waals surface area contributed by atoms with E-state index in [9.17, 15) is 19.5 Å². The Labute approximate surface area is 138 Å². The molecule has 0 unspecified atom stereocenters. The number of rotatable bonds is 8. The third-order valence-electron chi connectivity index (χ3n) is 2.87. The Morgan fingerprint density at radius 3 is 2.61 bits per heavy atom. The van der Waals surface area contributed by atoms with Gasteiger partial charge in [0.2, 0.25) is 0 Å². The van der Waals surface area contributed by atoms with Gasteiger partial charge in [0.05, 0.1) is 29.9 Å². The van der Waals surface area contributed by atoms with Gasteiger partial charge >= 0.3 is 12.0 Å². The van der Waals surface area contributed by atoms with Crippen molar-refractivity contribution >= 4 is 35.4 Å². The summed E-state index contributed by atoms with van der Waals surface area (Å²) in [5.41, 5.74) is 0.434. The molecule has 1 rings (SSSR count). The highest BCUT2D eigenvalue weighted by molar-refractivity contribution is 7.98. The zero-order chi connectivity index (χ0) is 17.2. The number of ether oxygens (including phenoxy) is 1. The van der Waals surface area contributed by atoms with Gasteiger partial charge in [-0.25, -0.2) is 9.59 Å². The monoisotopic (exact) mass is 339 g/mol. The number of anilines is 1. The Hall–Kier alpha value is -2.22. The molecule has 0 spiro atoms. The summed E-state index contributed by atoms with van der Waals surface area (Å²) in [5, 5.41) is 15.8. The van der Waals surface area contributed by atoms with Crippen LogP contribution >= 0.6 is 11.8 Å². The van der Waals surface area contributed by atoms with E-state index in [0.717, 1.165) is 0 Å². The standard InChI is InChI=1S/C15H20N2O5S/c1-3-22-14(20)10-6-4-5-7-11(10)16-15(21)17-12(13(18)19)8-9-23-2/h4-7,12H,3,8-9H2,1-2H3,(H,18,19)(H2,16,17,21)/p-1/t12-/m0/s1. The molecule has 0 saturated carbocycles. The molecule has 0 aliphatic carbocycles. The van der Waals surface area contributed by atoms with Crippen molar-refractivity contribution in [2.75, 3.05) is 23.9 Å². The molecule has 0 fully saturated rings. The second-order valence-corrected chi connectivity index (χ2v) is 5.50. The molecule has 126 valence electrons. The maximum atomic E-state index is 12.0. The lowest BCUT2D eigenvalue weighted by atomic mass is 10.2. The number of carbonyl (C=O) groups is 3. The second-order valence-electron chi connectivity index (χ2n) is 4.52. The van der Waals surface area contributed by atoms with Crippen molar-refractivity contribution < 1.29 is 24.2 Å². The van der Waals surface area contributed by atoms with Crippen LogP contribution in [0, 0.1) is 0 Å². The number of urea groups is 1. The van der Waals surface area contributed by atoms with Crippen molar-refractivity contribution in [2.24, 2.45) is 0 Å². The minimum Gasteiger partial charge on any atom is -0.548 e. The van der Waals surface area contributed by atoms with Crippen molar-refractivity contribution in [1.82, 2.24) is 5.32 Å². The number of amides is 2. The van der Waals surface area contributed by atoms with Gasteiger partial charge in [-0.1, -0.05) is 12.1 Å². The molecule has 0 aromatic heterocycles.